The number of carbonyl (C=O) groups excluding carboxylic acids is 3. The maximum Gasteiger partial charge on any atom is 0.410 e. The fourth-order valence-corrected chi connectivity index (χ4v) is 5.38. The number of halogens is 1. The van der Waals surface area contributed by atoms with Gasteiger partial charge in [-0.05, 0) is 43.6 Å². The number of likely N-dealkylation sites (tertiary alicyclic amines) is 2. The Morgan fingerprint density at radius 3 is 2.69 bits per heavy atom. The zero-order chi connectivity index (χ0) is 25.5. The molecule has 0 aromatic heterocycles. The first-order valence-electron chi connectivity index (χ1n) is 12.8. The van der Waals surface area contributed by atoms with Crippen LogP contribution in [0.3, 0.4) is 0 Å². The van der Waals surface area contributed by atoms with E-state index in [9.17, 15) is 18.8 Å². The second-order valence-corrected chi connectivity index (χ2v) is 9.92. The topological polar surface area (TPSA) is 115 Å². The van der Waals surface area contributed by atoms with Gasteiger partial charge >= 0.3 is 6.09 Å². The second-order valence-electron chi connectivity index (χ2n) is 9.92. The Bertz CT molecular complexity index is 971. The summed E-state index contributed by atoms with van der Waals surface area (Å²) < 4.78 is 19.4. The van der Waals surface area contributed by atoms with E-state index in [1.807, 2.05) is 30.3 Å². The van der Waals surface area contributed by atoms with E-state index in [0.717, 1.165) is 37.7 Å². The molecule has 3 fully saturated rings. The van der Waals surface area contributed by atoms with E-state index >= 15 is 0 Å². The van der Waals surface area contributed by atoms with E-state index < -0.39 is 18.3 Å². The van der Waals surface area contributed by atoms with Crippen LogP contribution in [0.5, 0.6) is 0 Å². The molecule has 194 valence electrons. The number of amides is 3. The molecule has 36 heavy (non-hydrogen) atoms. The van der Waals surface area contributed by atoms with Gasteiger partial charge in [-0.3, -0.25) is 14.5 Å². The van der Waals surface area contributed by atoms with Crippen molar-refractivity contribution in [2.45, 2.75) is 69.4 Å². The standard InChI is InChI=1S/C26H34FN5O4/c27-20-12-23(32(16-20)26(35)36-17-18-5-2-1-3-6-18)25(34)30-14-19-8-9-21(11-19)29-15-24(33)31-10-4-7-22(31)13-28/h1-3,5-6,19-23,29H,4,7-12,14-17H2,(H,30,34)/t19-,20-,21+,22-,23-/m0/s1. The predicted molar refractivity (Wildman–Crippen MR) is 129 cm³/mol. The van der Waals surface area contributed by atoms with Gasteiger partial charge in [-0.1, -0.05) is 30.3 Å². The molecule has 2 saturated heterocycles. The lowest BCUT2D eigenvalue weighted by Crippen LogP contribution is -2.47. The first kappa shape index (κ1) is 25.9. The third kappa shape index (κ3) is 6.52. The molecular formula is C26H34FN5O4. The Balaban J connectivity index is 1.19. The van der Waals surface area contributed by atoms with Crippen molar-refractivity contribution in [3.05, 3.63) is 35.9 Å². The average Bonchev–Trinajstić information content (AvgIpc) is 3.64. The number of ether oxygens (including phenoxy) is 1. The first-order valence-corrected chi connectivity index (χ1v) is 12.8. The largest absolute Gasteiger partial charge is 0.445 e. The molecule has 3 amide bonds. The molecule has 2 N–H and O–H groups in total. The minimum absolute atomic E-state index is 0.0383. The number of nitrogens with one attached hydrogen (secondary N) is 2. The molecule has 1 aromatic rings. The van der Waals surface area contributed by atoms with Crippen molar-refractivity contribution in [1.29, 1.82) is 5.26 Å². The number of carbonyl (C=O) groups is 3. The maximum atomic E-state index is 14.1. The summed E-state index contributed by atoms with van der Waals surface area (Å²) in [5.41, 5.74) is 0.819. The quantitative estimate of drug-likeness (QED) is 0.566. The molecule has 3 aliphatic rings. The first-order chi connectivity index (χ1) is 17.4. The van der Waals surface area contributed by atoms with Crippen LogP contribution in [0.2, 0.25) is 0 Å². The smallest absolute Gasteiger partial charge is 0.410 e. The summed E-state index contributed by atoms with van der Waals surface area (Å²) in [4.78, 5) is 40.6. The number of benzene rings is 1. The van der Waals surface area contributed by atoms with Gasteiger partial charge in [0, 0.05) is 25.6 Å². The highest BCUT2D eigenvalue weighted by Gasteiger charge is 2.41. The lowest BCUT2D eigenvalue weighted by atomic mass is 10.1. The molecule has 0 unspecified atom stereocenters. The van der Waals surface area contributed by atoms with Gasteiger partial charge in [0.15, 0.2) is 0 Å². The number of nitrogens with zero attached hydrogens (tertiary/aromatic N) is 3. The highest BCUT2D eigenvalue weighted by Crippen LogP contribution is 2.26. The third-order valence-corrected chi connectivity index (χ3v) is 7.36. The fraction of sp³-hybridized carbons (Fsp3) is 0.615. The van der Waals surface area contributed by atoms with Gasteiger partial charge in [0.25, 0.3) is 0 Å². The Morgan fingerprint density at radius 1 is 1.11 bits per heavy atom. The van der Waals surface area contributed by atoms with Gasteiger partial charge in [0.1, 0.15) is 24.9 Å². The van der Waals surface area contributed by atoms with Gasteiger partial charge in [-0.25, -0.2) is 9.18 Å². The summed E-state index contributed by atoms with van der Waals surface area (Å²) in [6, 6.07) is 10.4. The van der Waals surface area contributed by atoms with Crippen molar-refractivity contribution in [3.8, 4) is 6.07 Å². The summed E-state index contributed by atoms with van der Waals surface area (Å²) in [6.45, 7) is 1.19. The van der Waals surface area contributed by atoms with E-state index in [-0.39, 0.29) is 55.9 Å². The summed E-state index contributed by atoms with van der Waals surface area (Å²) in [5.74, 6) is -0.173. The normalized spacial score (nSPS) is 27.6. The zero-order valence-corrected chi connectivity index (χ0v) is 20.4. The predicted octanol–water partition coefficient (Wildman–Crippen LogP) is 2.12. The van der Waals surface area contributed by atoms with Gasteiger partial charge in [0.2, 0.25) is 11.8 Å². The summed E-state index contributed by atoms with van der Waals surface area (Å²) in [7, 11) is 0. The molecule has 1 saturated carbocycles. The number of alkyl halides is 1. The van der Waals surface area contributed by atoms with Crippen molar-refractivity contribution in [1.82, 2.24) is 20.4 Å². The number of rotatable bonds is 8. The van der Waals surface area contributed by atoms with Crippen LogP contribution >= 0.6 is 0 Å². The molecule has 5 atom stereocenters. The monoisotopic (exact) mass is 499 g/mol. The van der Waals surface area contributed by atoms with Crippen LogP contribution in [0.15, 0.2) is 30.3 Å². The third-order valence-electron chi connectivity index (χ3n) is 7.36. The second kappa shape index (κ2) is 12.2. The van der Waals surface area contributed by atoms with Crippen LogP contribution in [0.4, 0.5) is 9.18 Å². The van der Waals surface area contributed by atoms with E-state index in [1.165, 1.54) is 4.90 Å². The Morgan fingerprint density at radius 2 is 1.92 bits per heavy atom. The Hall–Kier alpha value is -3.19. The van der Waals surface area contributed by atoms with Crippen LogP contribution in [0.25, 0.3) is 0 Å². The van der Waals surface area contributed by atoms with Gasteiger partial charge in [0.05, 0.1) is 19.2 Å². The van der Waals surface area contributed by atoms with Crippen molar-refractivity contribution < 1.29 is 23.5 Å². The Kier molecular flexibility index (Phi) is 8.75. The maximum absolute atomic E-state index is 14.1. The molecule has 10 heteroatoms. The van der Waals surface area contributed by atoms with Gasteiger partial charge in [-0.15, -0.1) is 0 Å². The van der Waals surface area contributed by atoms with Crippen LogP contribution in [0.1, 0.15) is 44.1 Å². The SMILES string of the molecule is N#C[C@@H]1CCCN1C(=O)CN[C@@H]1CC[C@H](CNC(=O)[C@@H]2C[C@H](F)CN2C(=O)OCc2ccccc2)C1. The molecule has 1 aromatic carbocycles. The van der Waals surface area contributed by atoms with Gasteiger partial charge in [-0.2, -0.15) is 5.26 Å². The average molecular weight is 500 g/mol. The molecule has 0 spiro atoms. The molecule has 2 aliphatic heterocycles. The zero-order valence-electron chi connectivity index (χ0n) is 20.4. The minimum atomic E-state index is -1.26. The van der Waals surface area contributed by atoms with Crippen LogP contribution in [-0.4, -0.2) is 78.2 Å². The molecule has 0 radical (unpaired) electrons. The minimum Gasteiger partial charge on any atom is -0.445 e. The Labute approximate surface area is 210 Å². The highest BCUT2D eigenvalue weighted by molar-refractivity contribution is 5.86. The van der Waals surface area contributed by atoms with Crippen molar-refractivity contribution in [3.63, 3.8) is 0 Å². The molecule has 2 heterocycles. The lowest BCUT2D eigenvalue weighted by Gasteiger charge is -2.24. The molecule has 1 aliphatic carbocycles. The van der Waals surface area contributed by atoms with Crippen molar-refractivity contribution in [2.24, 2.45) is 5.92 Å². The number of hydrogen-bond acceptors (Lipinski definition) is 6. The highest BCUT2D eigenvalue weighted by atomic mass is 19.1. The molecule has 4 rings (SSSR count). The molecule has 9 nitrogen and oxygen atoms in total. The van der Waals surface area contributed by atoms with Crippen LogP contribution in [0, 0.1) is 17.2 Å². The van der Waals surface area contributed by atoms with E-state index in [1.54, 1.807) is 4.90 Å². The van der Waals surface area contributed by atoms with Crippen molar-refractivity contribution in [2.75, 3.05) is 26.2 Å². The van der Waals surface area contributed by atoms with Crippen LogP contribution < -0.4 is 10.6 Å². The number of nitriles is 1. The van der Waals surface area contributed by atoms with E-state index in [2.05, 4.69) is 16.7 Å². The van der Waals surface area contributed by atoms with E-state index in [4.69, 9.17) is 10.00 Å². The van der Waals surface area contributed by atoms with Gasteiger partial charge < -0.3 is 20.3 Å². The molecular weight excluding hydrogens is 465 g/mol. The number of hydrogen-bond donors (Lipinski definition) is 2. The summed E-state index contributed by atoms with van der Waals surface area (Å²) in [5, 5.41) is 15.4. The van der Waals surface area contributed by atoms with Crippen molar-refractivity contribution >= 4 is 17.9 Å². The van der Waals surface area contributed by atoms with Crippen LogP contribution in [-0.2, 0) is 20.9 Å². The lowest BCUT2D eigenvalue weighted by molar-refractivity contribution is -0.130. The summed E-state index contributed by atoms with van der Waals surface area (Å²) in [6.07, 6.45) is 2.21. The van der Waals surface area contributed by atoms with E-state index in [0.29, 0.717) is 13.1 Å². The summed E-state index contributed by atoms with van der Waals surface area (Å²) >= 11 is 0. The fourth-order valence-electron chi connectivity index (χ4n) is 5.38. The molecule has 0 bridgehead atoms.